The molecule has 0 unspecified atom stereocenters. The third-order valence-corrected chi connectivity index (χ3v) is 6.22. The van der Waals surface area contributed by atoms with Crippen molar-refractivity contribution >= 4 is 17.7 Å². The SMILES string of the molecule is Cc1ccc(NC(=O)/C(C#N)=C\c2cn(-c3ccccc3)nc2-c2ccc(OCc3ccccc3F)cc2)cc1. The van der Waals surface area contributed by atoms with Crippen LogP contribution in [0.5, 0.6) is 5.75 Å². The summed E-state index contributed by atoms with van der Waals surface area (Å²) in [4.78, 5) is 12.9. The smallest absolute Gasteiger partial charge is 0.266 e. The van der Waals surface area contributed by atoms with Crippen LogP contribution < -0.4 is 10.1 Å². The van der Waals surface area contributed by atoms with Gasteiger partial charge in [0.2, 0.25) is 0 Å². The van der Waals surface area contributed by atoms with Gasteiger partial charge in [0.15, 0.2) is 0 Å². The molecule has 5 rings (SSSR count). The van der Waals surface area contributed by atoms with Gasteiger partial charge >= 0.3 is 0 Å². The average molecular weight is 529 g/mol. The Morgan fingerprint density at radius 2 is 1.68 bits per heavy atom. The summed E-state index contributed by atoms with van der Waals surface area (Å²) in [7, 11) is 0. The lowest BCUT2D eigenvalue weighted by Crippen LogP contribution is -2.13. The predicted octanol–water partition coefficient (Wildman–Crippen LogP) is 7.11. The second kappa shape index (κ2) is 11.9. The van der Waals surface area contributed by atoms with E-state index < -0.39 is 5.91 Å². The Hall–Kier alpha value is -5.48. The number of ether oxygens (including phenoxy) is 1. The number of aromatic nitrogens is 2. The molecule has 5 aromatic rings. The largest absolute Gasteiger partial charge is 0.489 e. The van der Waals surface area contributed by atoms with Gasteiger partial charge in [-0.2, -0.15) is 10.4 Å². The maximum absolute atomic E-state index is 13.9. The molecular weight excluding hydrogens is 503 g/mol. The van der Waals surface area contributed by atoms with E-state index in [1.807, 2.05) is 67.6 Å². The Morgan fingerprint density at radius 1 is 0.975 bits per heavy atom. The van der Waals surface area contributed by atoms with Crippen LogP contribution in [-0.4, -0.2) is 15.7 Å². The molecule has 0 spiro atoms. The Morgan fingerprint density at radius 3 is 2.38 bits per heavy atom. The number of anilines is 1. The van der Waals surface area contributed by atoms with E-state index in [1.165, 1.54) is 12.1 Å². The molecule has 0 aliphatic rings. The van der Waals surface area contributed by atoms with Crippen molar-refractivity contribution in [3.05, 3.63) is 137 Å². The highest BCUT2D eigenvalue weighted by Crippen LogP contribution is 2.28. The lowest BCUT2D eigenvalue weighted by atomic mass is 10.1. The first-order chi connectivity index (χ1) is 19.5. The minimum atomic E-state index is -0.512. The number of nitrogens with zero attached hydrogens (tertiary/aromatic N) is 3. The monoisotopic (exact) mass is 528 g/mol. The number of rotatable bonds is 8. The van der Waals surface area contributed by atoms with Gasteiger partial charge in [0.05, 0.1) is 11.4 Å². The van der Waals surface area contributed by atoms with Crippen molar-refractivity contribution in [2.45, 2.75) is 13.5 Å². The summed E-state index contributed by atoms with van der Waals surface area (Å²) in [5.74, 6) is -0.259. The summed E-state index contributed by atoms with van der Waals surface area (Å²) in [6.45, 7) is 2.06. The highest BCUT2D eigenvalue weighted by atomic mass is 19.1. The molecule has 7 heteroatoms. The normalized spacial score (nSPS) is 11.1. The highest BCUT2D eigenvalue weighted by molar-refractivity contribution is 6.10. The molecule has 0 bridgehead atoms. The molecule has 40 heavy (non-hydrogen) atoms. The molecule has 0 saturated carbocycles. The molecule has 0 aliphatic heterocycles. The van der Waals surface area contributed by atoms with Crippen molar-refractivity contribution in [3.63, 3.8) is 0 Å². The van der Waals surface area contributed by atoms with Gasteiger partial charge in [-0.05, 0) is 67.6 Å². The standard InChI is InChI=1S/C33H25FN4O2/c1-23-11-15-28(16-12-23)36-33(39)26(20-35)19-27-21-38(29-8-3-2-4-9-29)37-32(27)24-13-17-30(18-14-24)40-22-25-7-5-6-10-31(25)34/h2-19,21H,22H2,1H3,(H,36,39)/b26-19-. The van der Waals surface area contributed by atoms with E-state index in [-0.39, 0.29) is 18.0 Å². The van der Waals surface area contributed by atoms with E-state index >= 15 is 0 Å². The van der Waals surface area contributed by atoms with Gasteiger partial charge in [-0.1, -0.05) is 54.1 Å². The van der Waals surface area contributed by atoms with Gasteiger partial charge in [0.1, 0.15) is 29.8 Å². The van der Waals surface area contributed by atoms with Gasteiger partial charge < -0.3 is 10.1 Å². The van der Waals surface area contributed by atoms with Crippen molar-refractivity contribution in [1.82, 2.24) is 9.78 Å². The topological polar surface area (TPSA) is 79.9 Å². The molecule has 1 aromatic heterocycles. The maximum atomic E-state index is 13.9. The zero-order valence-electron chi connectivity index (χ0n) is 21.7. The molecule has 1 N–H and O–H groups in total. The second-order valence-electron chi connectivity index (χ2n) is 9.11. The molecule has 0 atom stereocenters. The number of carbonyl (C=O) groups excluding carboxylic acids is 1. The number of benzene rings is 4. The first-order valence-electron chi connectivity index (χ1n) is 12.6. The molecule has 0 radical (unpaired) electrons. The molecule has 196 valence electrons. The number of aryl methyl sites for hydroxylation is 1. The number of amides is 1. The molecule has 0 saturated heterocycles. The van der Waals surface area contributed by atoms with Gasteiger partial charge in [-0.3, -0.25) is 4.79 Å². The fraction of sp³-hybridized carbons (Fsp3) is 0.0606. The van der Waals surface area contributed by atoms with E-state index in [9.17, 15) is 14.4 Å². The predicted molar refractivity (Wildman–Crippen MR) is 153 cm³/mol. The quantitative estimate of drug-likeness (QED) is 0.172. The summed E-state index contributed by atoms with van der Waals surface area (Å²) in [5.41, 5.74) is 4.84. The summed E-state index contributed by atoms with van der Waals surface area (Å²) >= 11 is 0. The van der Waals surface area contributed by atoms with Gasteiger partial charge in [-0.25, -0.2) is 9.07 Å². The lowest BCUT2D eigenvalue weighted by Gasteiger charge is -2.08. The first kappa shape index (κ1) is 26.1. The molecule has 0 aliphatic carbocycles. The molecule has 1 heterocycles. The van der Waals surface area contributed by atoms with Crippen LogP contribution in [-0.2, 0) is 11.4 Å². The van der Waals surface area contributed by atoms with Crippen molar-refractivity contribution in [2.75, 3.05) is 5.32 Å². The number of para-hydroxylation sites is 1. The third-order valence-electron chi connectivity index (χ3n) is 6.22. The van der Waals surface area contributed by atoms with E-state index in [2.05, 4.69) is 5.32 Å². The third kappa shape index (κ3) is 6.14. The molecule has 4 aromatic carbocycles. The Labute approximate surface area is 231 Å². The molecular formula is C33H25FN4O2. The fourth-order valence-electron chi connectivity index (χ4n) is 4.06. The van der Waals surface area contributed by atoms with Crippen LogP contribution in [0, 0.1) is 24.1 Å². The summed E-state index contributed by atoms with van der Waals surface area (Å²) in [6.07, 6.45) is 3.32. The zero-order chi connectivity index (χ0) is 27.9. The van der Waals surface area contributed by atoms with Crippen LogP contribution in [0.3, 0.4) is 0 Å². The van der Waals surface area contributed by atoms with Crippen molar-refractivity contribution < 1.29 is 13.9 Å². The number of hydrogen-bond acceptors (Lipinski definition) is 4. The summed E-state index contributed by atoms with van der Waals surface area (Å²) in [6, 6.07) is 32.6. The Balaban J connectivity index is 1.44. The van der Waals surface area contributed by atoms with Crippen LogP contribution in [0.1, 0.15) is 16.7 Å². The first-order valence-corrected chi connectivity index (χ1v) is 12.6. The molecule has 6 nitrogen and oxygen atoms in total. The van der Waals surface area contributed by atoms with Crippen LogP contribution in [0.25, 0.3) is 23.0 Å². The number of nitriles is 1. The summed E-state index contributed by atoms with van der Waals surface area (Å²) in [5, 5.41) is 17.4. The average Bonchev–Trinajstić information content (AvgIpc) is 3.41. The van der Waals surface area contributed by atoms with E-state index in [0.29, 0.717) is 28.3 Å². The molecule has 1 amide bonds. The minimum Gasteiger partial charge on any atom is -0.489 e. The number of halogens is 1. The number of nitrogens with one attached hydrogen (secondary N) is 1. The van der Waals surface area contributed by atoms with Crippen LogP contribution >= 0.6 is 0 Å². The molecule has 0 fully saturated rings. The Bertz CT molecular complexity index is 1700. The van der Waals surface area contributed by atoms with Gasteiger partial charge in [-0.15, -0.1) is 0 Å². The van der Waals surface area contributed by atoms with E-state index in [1.54, 1.807) is 53.3 Å². The highest BCUT2D eigenvalue weighted by Gasteiger charge is 2.16. The van der Waals surface area contributed by atoms with Crippen LogP contribution in [0.2, 0.25) is 0 Å². The maximum Gasteiger partial charge on any atom is 0.266 e. The number of hydrogen-bond donors (Lipinski definition) is 1. The van der Waals surface area contributed by atoms with E-state index in [4.69, 9.17) is 9.84 Å². The van der Waals surface area contributed by atoms with Crippen LogP contribution in [0.15, 0.2) is 115 Å². The lowest BCUT2D eigenvalue weighted by molar-refractivity contribution is -0.112. The van der Waals surface area contributed by atoms with E-state index in [0.717, 1.165) is 16.8 Å². The second-order valence-corrected chi connectivity index (χ2v) is 9.11. The fourth-order valence-corrected chi connectivity index (χ4v) is 4.06. The van der Waals surface area contributed by atoms with Crippen molar-refractivity contribution in [2.24, 2.45) is 0 Å². The zero-order valence-corrected chi connectivity index (χ0v) is 21.7. The Kier molecular flexibility index (Phi) is 7.79. The van der Waals surface area contributed by atoms with Crippen molar-refractivity contribution in [3.8, 4) is 28.8 Å². The number of carbonyl (C=O) groups is 1. The van der Waals surface area contributed by atoms with Gasteiger partial charge in [0.25, 0.3) is 5.91 Å². The van der Waals surface area contributed by atoms with Crippen molar-refractivity contribution in [1.29, 1.82) is 5.26 Å². The summed E-state index contributed by atoms with van der Waals surface area (Å²) < 4.78 is 21.4. The van der Waals surface area contributed by atoms with Crippen LogP contribution in [0.4, 0.5) is 10.1 Å². The van der Waals surface area contributed by atoms with Gasteiger partial charge in [0, 0.05) is 28.6 Å². The minimum absolute atomic E-state index is 0.0562.